The van der Waals surface area contributed by atoms with Crippen molar-refractivity contribution in [1.29, 1.82) is 0 Å². The minimum Gasteiger partial charge on any atom is -0.275 e. The zero-order valence-corrected chi connectivity index (χ0v) is 9.18. The average molecular weight is 213 g/mol. The molecule has 1 rings (SSSR count). The second kappa shape index (κ2) is 5.86. The lowest BCUT2D eigenvalue weighted by molar-refractivity contribution is -0.136. The summed E-state index contributed by atoms with van der Waals surface area (Å²) in [4.78, 5) is 23.5. The summed E-state index contributed by atoms with van der Waals surface area (Å²) < 4.78 is 0. The Hall–Kier alpha value is -0.770. The maximum absolute atomic E-state index is 11.1. The van der Waals surface area contributed by atoms with Gasteiger partial charge in [0.05, 0.1) is 0 Å². The Labute approximate surface area is 88.5 Å². The van der Waals surface area contributed by atoms with Crippen molar-refractivity contribution in [2.75, 3.05) is 18.6 Å². The van der Waals surface area contributed by atoms with Crippen LogP contribution in [0.4, 0.5) is 0 Å². The van der Waals surface area contributed by atoms with E-state index in [1.807, 2.05) is 11.8 Å². The van der Waals surface area contributed by atoms with E-state index in [4.69, 9.17) is 0 Å². The molecule has 0 atom stereocenters. The Morgan fingerprint density at radius 1 is 1.14 bits per heavy atom. The summed E-state index contributed by atoms with van der Waals surface area (Å²) in [7, 11) is 0. The first-order valence-corrected chi connectivity index (χ1v) is 6.17. The number of rotatable bonds is 6. The molecular weight excluding hydrogens is 198 g/mol. The van der Waals surface area contributed by atoms with Crippen molar-refractivity contribution in [1.82, 2.24) is 4.90 Å². The molecule has 0 N–H and O–H groups in total. The molecule has 4 heteroatoms. The lowest BCUT2D eigenvalue weighted by Crippen LogP contribution is -2.30. The highest BCUT2D eigenvalue weighted by atomic mass is 32.2. The Morgan fingerprint density at radius 2 is 1.79 bits per heavy atom. The third kappa shape index (κ3) is 3.18. The monoisotopic (exact) mass is 213 g/mol. The second-order valence-corrected chi connectivity index (χ2v) is 4.20. The van der Waals surface area contributed by atoms with Gasteiger partial charge in [0.15, 0.2) is 0 Å². The van der Waals surface area contributed by atoms with E-state index in [1.54, 1.807) is 0 Å². The van der Waals surface area contributed by atoms with Crippen LogP contribution >= 0.6 is 11.8 Å². The van der Waals surface area contributed by atoms with E-state index in [9.17, 15) is 9.59 Å². The smallest absolute Gasteiger partial charge is 0.253 e. The fourth-order valence-electron chi connectivity index (χ4n) is 1.34. The summed E-state index contributed by atoms with van der Waals surface area (Å²) in [6.45, 7) is 0.568. The molecule has 1 aliphatic heterocycles. The van der Waals surface area contributed by atoms with E-state index in [1.165, 1.54) is 17.1 Å². The van der Waals surface area contributed by atoms with E-state index in [0.717, 1.165) is 25.0 Å². The molecule has 1 aliphatic rings. The minimum atomic E-state index is -0.167. The van der Waals surface area contributed by atoms with Gasteiger partial charge in [-0.3, -0.25) is 14.5 Å². The molecule has 1 heterocycles. The first-order chi connectivity index (χ1) is 6.75. The van der Waals surface area contributed by atoms with Crippen molar-refractivity contribution in [2.24, 2.45) is 0 Å². The highest BCUT2D eigenvalue weighted by molar-refractivity contribution is 7.98. The van der Waals surface area contributed by atoms with Crippen LogP contribution in [0.5, 0.6) is 0 Å². The van der Waals surface area contributed by atoms with Crippen LogP contribution in [0, 0.1) is 0 Å². The van der Waals surface area contributed by atoms with Gasteiger partial charge in [-0.05, 0) is 24.9 Å². The lowest BCUT2D eigenvalue weighted by atomic mass is 10.2. The molecule has 78 valence electrons. The molecule has 0 saturated carbocycles. The average Bonchev–Trinajstić information content (AvgIpc) is 2.48. The molecule has 14 heavy (non-hydrogen) atoms. The molecule has 0 aromatic heterocycles. The van der Waals surface area contributed by atoms with Crippen LogP contribution in [-0.2, 0) is 9.59 Å². The van der Waals surface area contributed by atoms with E-state index >= 15 is 0 Å². The largest absolute Gasteiger partial charge is 0.275 e. The summed E-state index contributed by atoms with van der Waals surface area (Å²) in [6, 6.07) is 0. The number of hydrogen-bond acceptors (Lipinski definition) is 3. The van der Waals surface area contributed by atoms with Gasteiger partial charge in [-0.1, -0.05) is 6.42 Å². The Kier molecular flexibility index (Phi) is 4.73. The molecule has 0 spiro atoms. The van der Waals surface area contributed by atoms with Crippen LogP contribution in [0.3, 0.4) is 0 Å². The van der Waals surface area contributed by atoms with Crippen molar-refractivity contribution in [3.05, 3.63) is 12.2 Å². The van der Waals surface area contributed by atoms with Crippen molar-refractivity contribution in [3.8, 4) is 0 Å². The highest BCUT2D eigenvalue weighted by Crippen LogP contribution is 2.07. The first-order valence-electron chi connectivity index (χ1n) is 4.78. The summed E-state index contributed by atoms with van der Waals surface area (Å²) in [5, 5.41) is 0. The second-order valence-electron chi connectivity index (χ2n) is 3.21. The predicted molar refractivity (Wildman–Crippen MR) is 58.1 cm³/mol. The van der Waals surface area contributed by atoms with E-state index < -0.39 is 0 Å². The van der Waals surface area contributed by atoms with Crippen molar-refractivity contribution >= 4 is 23.6 Å². The molecule has 0 fully saturated rings. The minimum absolute atomic E-state index is 0.167. The molecule has 0 aromatic carbocycles. The number of nitrogens with zero attached hydrogens (tertiary/aromatic N) is 1. The topological polar surface area (TPSA) is 37.4 Å². The zero-order chi connectivity index (χ0) is 10.4. The van der Waals surface area contributed by atoms with Crippen LogP contribution in [0.2, 0.25) is 0 Å². The molecule has 0 saturated heterocycles. The number of amides is 2. The lowest BCUT2D eigenvalue weighted by Gasteiger charge is -2.12. The van der Waals surface area contributed by atoms with Crippen LogP contribution < -0.4 is 0 Å². The molecular formula is C10H15NO2S. The summed E-state index contributed by atoms with van der Waals surface area (Å²) in [5.74, 6) is 0.819. The SMILES string of the molecule is CSCCCCCN1C(=O)C=CC1=O. The fourth-order valence-corrected chi connectivity index (χ4v) is 1.84. The number of carbonyl (C=O) groups is 2. The van der Waals surface area contributed by atoms with E-state index in [2.05, 4.69) is 6.26 Å². The van der Waals surface area contributed by atoms with Crippen LogP contribution in [0.25, 0.3) is 0 Å². The molecule has 0 bridgehead atoms. The van der Waals surface area contributed by atoms with Crippen LogP contribution in [-0.4, -0.2) is 35.3 Å². The Balaban J connectivity index is 2.13. The molecule has 0 unspecified atom stereocenters. The van der Waals surface area contributed by atoms with Crippen LogP contribution in [0.1, 0.15) is 19.3 Å². The normalized spacial score (nSPS) is 15.6. The highest BCUT2D eigenvalue weighted by Gasteiger charge is 2.21. The van der Waals surface area contributed by atoms with Gasteiger partial charge in [0, 0.05) is 18.7 Å². The number of thioether (sulfide) groups is 1. The van der Waals surface area contributed by atoms with Crippen molar-refractivity contribution < 1.29 is 9.59 Å². The van der Waals surface area contributed by atoms with Gasteiger partial charge < -0.3 is 0 Å². The first kappa shape index (κ1) is 11.3. The van der Waals surface area contributed by atoms with E-state index in [0.29, 0.717) is 6.54 Å². The van der Waals surface area contributed by atoms with E-state index in [-0.39, 0.29) is 11.8 Å². The molecule has 0 aromatic rings. The maximum Gasteiger partial charge on any atom is 0.253 e. The van der Waals surface area contributed by atoms with Crippen molar-refractivity contribution in [3.63, 3.8) is 0 Å². The predicted octanol–water partition coefficient (Wildman–Crippen LogP) is 1.44. The number of imide groups is 1. The number of unbranched alkanes of at least 4 members (excludes halogenated alkanes) is 2. The molecule has 3 nitrogen and oxygen atoms in total. The molecule has 0 radical (unpaired) electrons. The summed E-state index contributed by atoms with van der Waals surface area (Å²) >= 11 is 1.83. The van der Waals surface area contributed by atoms with Gasteiger partial charge >= 0.3 is 0 Å². The Morgan fingerprint density at radius 3 is 2.36 bits per heavy atom. The van der Waals surface area contributed by atoms with Gasteiger partial charge in [-0.2, -0.15) is 11.8 Å². The number of carbonyl (C=O) groups excluding carboxylic acids is 2. The molecule has 0 aliphatic carbocycles. The third-order valence-electron chi connectivity index (χ3n) is 2.13. The van der Waals surface area contributed by atoms with Crippen molar-refractivity contribution in [2.45, 2.75) is 19.3 Å². The van der Waals surface area contributed by atoms with Gasteiger partial charge in [0.2, 0.25) is 0 Å². The quantitative estimate of drug-likeness (QED) is 0.495. The third-order valence-corrected chi connectivity index (χ3v) is 2.83. The van der Waals surface area contributed by atoms with Gasteiger partial charge in [-0.15, -0.1) is 0 Å². The maximum atomic E-state index is 11.1. The van der Waals surface area contributed by atoms with Crippen LogP contribution in [0.15, 0.2) is 12.2 Å². The summed E-state index contributed by atoms with van der Waals surface area (Å²) in [6.07, 6.45) is 7.91. The zero-order valence-electron chi connectivity index (χ0n) is 8.36. The summed E-state index contributed by atoms with van der Waals surface area (Å²) in [5.41, 5.74) is 0. The Bertz CT molecular complexity index is 233. The van der Waals surface area contributed by atoms with Gasteiger partial charge in [0.25, 0.3) is 11.8 Å². The van der Waals surface area contributed by atoms with Gasteiger partial charge in [0.1, 0.15) is 0 Å². The molecule has 2 amide bonds. The standard InChI is InChI=1S/C10H15NO2S/c1-14-8-4-2-3-7-11-9(12)5-6-10(11)13/h5-6H,2-4,7-8H2,1H3. The van der Waals surface area contributed by atoms with Gasteiger partial charge in [-0.25, -0.2) is 0 Å². The fraction of sp³-hybridized carbons (Fsp3) is 0.600. The number of hydrogen-bond donors (Lipinski definition) is 0.